The molecule has 21 heavy (non-hydrogen) atoms. The summed E-state index contributed by atoms with van der Waals surface area (Å²) in [6.45, 7) is 7.18. The Morgan fingerprint density at radius 3 is 2.33 bits per heavy atom. The highest BCUT2D eigenvalue weighted by Gasteiger charge is 2.35. The molecule has 2 N–H and O–H groups in total. The fourth-order valence-electron chi connectivity index (χ4n) is 4.11. The Labute approximate surface area is 131 Å². The van der Waals surface area contributed by atoms with Crippen LogP contribution >= 0.6 is 0 Å². The lowest BCUT2D eigenvalue weighted by Gasteiger charge is -2.44. The summed E-state index contributed by atoms with van der Waals surface area (Å²) < 4.78 is 0. The molecule has 0 bridgehead atoms. The van der Waals surface area contributed by atoms with Gasteiger partial charge in [-0.25, -0.2) is 0 Å². The smallest absolute Gasteiger partial charge is 0.0443 e. The van der Waals surface area contributed by atoms with Gasteiger partial charge in [-0.3, -0.25) is 4.90 Å². The van der Waals surface area contributed by atoms with E-state index in [4.69, 9.17) is 0 Å². The van der Waals surface area contributed by atoms with E-state index in [1.54, 1.807) is 0 Å². The Morgan fingerprint density at radius 1 is 1.10 bits per heavy atom. The first-order valence-electron chi connectivity index (χ1n) is 9.35. The van der Waals surface area contributed by atoms with E-state index >= 15 is 0 Å². The Morgan fingerprint density at radius 2 is 1.81 bits per heavy atom. The molecule has 0 aromatic rings. The quantitative estimate of drug-likeness (QED) is 0.642. The van der Waals surface area contributed by atoms with Gasteiger partial charge in [-0.05, 0) is 44.1 Å². The number of hydrogen-bond acceptors (Lipinski definition) is 3. The van der Waals surface area contributed by atoms with E-state index in [1.165, 1.54) is 70.9 Å². The molecule has 2 rings (SSSR count). The van der Waals surface area contributed by atoms with Crippen LogP contribution in [0.1, 0.15) is 71.1 Å². The molecule has 0 spiro atoms. The highest BCUT2D eigenvalue weighted by atomic mass is 16.3. The van der Waals surface area contributed by atoms with Crippen molar-refractivity contribution in [1.82, 2.24) is 10.2 Å². The Kier molecular flexibility index (Phi) is 7.48. The second kappa shape index (κ2) is 9.12. The van der Waals surface area contributed by atoms with Crippen LogP contribution in [0.4, 0.5) is 0 Å². The van der Waals surface area contributed by atoms with Crippen LogP contribution in [0.2, 0.25) is 0 Å². The zero-order chi connectivity index (χ0) is 15.0. The van der Waals surface area contributed by atoms with Gasteiger partial charge in [-0.1, -0.05) is 39.0 Å². The summed E-state index contributed by atoms with van der Waals surface area (Å²) in [7, 11) is 0. The lowest BCUT2D eigenvalue weighted by atomic mass is 9.78. The average molecular weight is 296 g/mol. The van der Waals surface area contributed by atoms with E-state index in [0.717, 1.165) is 25.6 Å². The van der Waals surface area contributed by atoms with Crippen molar-refractivity contribution in [2.45, 2.75) is 77.2 Å². The monoisotopic (exact) mass is 296 g/mol. The van der Waals surface area contributed by atoms with Crippen molar-refractivity contribution in [3.8, 4) is 0 Å². The fraction of sp³-hybridized carbons (Fsp3) is 1.00. The van der Waals surface area contributed by atoms with Gasteiger partial charge in [-0.15, -0.1) is 0 Å². The molecule has 124 valence electrons. The minimum atomic E-state index is 0.337. The Balaban J connectivity index is 1.98. The van der Waals surface area contributed by atoms with E-state index in [9.17, 15) is 5.11 Å². The van der Waals surface area contributed by atoms with Crippen LogP contribution in [-0.2, 0) is 0 Å². The molecule has 0 heterocycles. The number of aliphatic hydroxyl groups is 1. The van der Waals surface area contributed by atoms with Crippen molar-refractivity contribution in [1.29, 1.82) is 0 Å². The summed E-state index contributed by atoms with van der Waals surface area (Å²) >= 11 is 0. The molecule has 0 atom stereocenters. The van der Waals surface area contributed by atoms with Crippen LogP contribution in [0.3, 0.4) is 0 Å². The predicted molar refractivity (Wildman–Crippen MR) is 89.6 cm³/mol. The zero-order valence-corrected chi connectivity index (χ0v) is 14.1. The second-order valence-electron chi connectivity index (χ2n) is 7.33. The van der Waals surface area contributed by atoms with Crippen LogP contribution in [0.25, 0.3) is 0 Å². The fourth-order valence-corrected chi connectivity index (χ4v) is 4.11. The first kappa shape index (κ1) is 17.2. The van der Waals surface area contributed by atoms with Crippen LogP contribution < -0.4 is 5.32 Å². The van der Waals surface area contributed by atoms with Gasteiger partial charge in [0.05, 0.1) is 0 Å². The van der Waals surface area contributed by atoms with Gasteiger partial charge in [0.15, 0.2) is 0 Å². The zero-order valence-electron chi connectivity index (χ0n) is 14.1. The number of hydrogen-bond donors (Lipinski definition) is 2. The molecular weight excluding hydrogens is 260 g/mol. The van der Waals surface area contributed by atoms with Gasteiger partial charge < -0.3 is 10.4 Å². The topological polar surface area (TPSA) is 35.5 Å². The van der Waals surface area contributed by atoms with Crippen molar-refractivity contribution in [2.75, 3.05) is 32.8 Å². The largest absolute Gasteiger partial charge is 0.396 e. The van der Waals surface area contributed by atoms with Gasteiger partial charge in [0, 0.05) is 32.3 Å². The van der Waals surface area contributed by atoms with Crippen molar-refractivity contribution in [2.24, 2.45) is 5.41 Å². The maximum absolute atomic E-state index is 9.21. The minimum absolute atomic E-state index is 0.337. The number of nitrogens with zero attached hydrogens (tertiary/aromatic N) is 1. The number of aliphatic hydroxyl groups excluding tert-OH is 1. The normalized spacial score (nSPS) is 23.0. The summed E-state index contributed by atoms with van der Waals surface area (Å²) in [4.78, 5) is 2.72. The molecular formula is C18H36N2O. The summed E-state index contributed by atoms with van der Waals surface area (Å²) in [5.41, 5.74) is 0.484. The molecule has 2 aliphatic rings. The standard InChI is InChI=1S/C18H36N2O/c1-2-19-15-18(11-5-3-4-6-12-18)16-20(13-8-14-21)17-9-7-10-17/h17,19,21H,2-16H2,1H3. The molecule has 3 nitrogen and oxygen atoms in total. The van der Waals surface area contributed by atoms with Crippen LogP contribution in [0, 0.1) is 5.41 Å². The lowest BCUT2D eigenvalue weighted by Crippen LogP contribution is -2.50. The van der Waals surface area contributed by atoms with E-state index < -0.39 is 0 Å². The van der Waals surface area contributed by atoms with Crippen LogP contribution in [0.15, 0.2) is 0 Å². The predicted octanol–water partition coefficient (Wildman–Crippen LogP) is 3.17. The lowest BCUT2D eigenvalue weighted by molar-refractivity contribution is 0.0536. The molecule has 0 aromatic heterocycles. The van der Waals surface area contributed by atoms with Crippen molar-refractivity contribution in [3.05, 3.63) is 0 Å². The molecule has 2 saturated carbocycles. The van der Waals surface area contributed by atoms with E-state index in [1.807, 2.05) is 0 Å². The highest BCUT2D eigenvalue weighted by molar-refractivity contribution is 4.90. The molecule has 2 aliphatic carbocycles. The molecule has 0 aliphatic heterocycles. The average Bonchev–Trinajstić information content (AvgIpc) is 2.67. The van der Waals surface area contributed by atoms with E-state index in [2.05, 4.69) is 17.1 Å². The Hall–Kier alpha value is -0.120. The first-order valence-corrected chi connectivity index (χ1v) is 9.35. The number of rotatable bonds is 9. The molecule has 0 radical (unpaired) electrons. The first-order chi connectivity index (χ1) is 10.3. The van der Waals surface area contributed by atoms with Gasteiger partial charge in [0.25, 0.3) is 0 Å². The SMILES string of the molecule is CCNCC1(CN(CCCO)C2CCC2)CCCCCC1. The third-order valence-corrected chi connectivity index (χ3v) is 5.65. The van der Waals surface area contributed by atoms with Crippen molar-refractivity contribution in [3.63, 3.8) is 0 Å². The summed E-state index contributed by atoms with van der Waals surface area (Å²) in [6.07, 6.45) is 13.5. The molecule has 0 amide bonds. The summed E-state index contributed by atoms with van der Waals surface area (Å²) in [6, 6.07) is 0.804. The molecule has 2 fully saturated rings. The van der Waals surface area contributed by atoms with Gasteiger partial charge in [0.1, 0.15) is 0 Å². The van der Waals surface area contributed by atoms with Gasteiger partial charge in [-0.2, -0.15) is 0 Å². The van der Waals surface area contributed by atoms with Crippen LogP contribution in [-0.4, -0.2) is 48.8 Å². The van der Waals surface area contributed by atoms with Crippen molar-refractivity contribution >= 4 is 0 Å². The maximum Gasteiger partial charge on any atom is 0.0443 e. The van der Waals surface area contributed by atoms with E-state index in [-0.39, 0.29) is 0 Å². The minimum Gasteiger partial charge on any atom is -0.396 e. The molecule has 0 saturated heterocycles. The summed E-state index contributed by atoms with van der Waals surface area (Å²) in [5.74, 6) is 0. The van der Waals surface area contributed by atoms with Gasteiger partial charge in [0.2, 0.25) is 0 Å². The third kappa shape index (κ3) is 5.22. The Bertz CT molecular complexity index is 270. The highest BCUT2D eigenvalue weighted by Crippen LogP contribution is 2.37. The number of nitrogens with one attached hydrogen (secondary N) is 1. The summed E-state index contributed by atoms with van der Waals surface area (Å²) in [5, 5.41) is 12.9. The molecule has 3 heteroatoms. The molecule has 0 unspecified atom stereocenters. The van der Waals surface area contributed by atoms with E-state index in [0.29, 0.717) is 12.0 Å². The maximum atomic E-state index is 9.21. The second-order valence-corrected chi connectivity index (χ2v) is 7.33. The third-order valence-electron chi connectivity index (χ3n) is 5.65. The van der Waals surface area contributed by atoms with Gasteiger partial charge >= 0.3 is 0 Å². The van der Waals surface area contributed by atoms with Crippen LogP contribution in [0.5, 0.6) is 0 Å². The van der Waals surface area contributed by atoms with Crippen molar-refractivity contribution < 1.29 is 5.11 Å². The molecule has 0 aromatic carbocycles.